The first-order valence-corrected chi connectivity index (χ1v) is 5.60. The molecule has 0 saturated carbocycles. The summed E-state index contributed by atoms with van der Waals surface area (Å²) < 4.78 is 25.5. The number of hydrogen-bond donors (Lipinski definition) is 0. The van der Waals surface area contributed by atoms with Crippen LogP contribution >= 0.6 is 11.6 Å². The van der Waals surface area contributed by atoms with Crippen molar-refractivity contribution in [3.63, 3.8) is 0 Å². The van der Waals surface area contributed by atoms with E-state index in [4.69, 9.17) is 11.6 Å². The van der Waals surface area contributed by atoms with Crippen molar-refractivity contribution in [2.75, 3.05) is 5.88 Å². The molecule has 0 aromatic heterocycles. The normalized spacial score (nSPS) is 10.8. The van der Waals surface area contributed by atoms with Crippen LogP contribution in [0.5, 0.6) is 0 Å². The average molecular weight is 247 g/mol. The van der Waals surface area contributed by atoms with Gasteiger partial charge in [0.25, 0.3) is 6.43 Å². The number of benzene rings is 1. The quantitative estimate of drug-likeness (QED) is 0.727. The van der Waals surface area contributed by atoms with Gasteiger partial charge in [0.2, 0.25) is 0 Å². The molecule has 0 amide bonds. The number of alkyl halides is 3. The molecule has 0 aliphatic carbocycles. The highest BCUT2D eigenvalue weighted by atomic mass is 35.5. The molecular formula is C12H13ClF2O. The summed E-state index contributed by atoms with van der Waals surface area (Å²) in [5, 5.41) is 0. The lowest BCUT2D eigenvalue weighted by Crippen LogP contribution is -2.09. The number of Topliss-reactive ketones (excluding diaryl/α,β-unsaturated/α-hetero) is 1. The Morgan fingerprint density at radius 3 is 2.62 bits per heavy atom. The largest absolute Gasteiger partial charge is 0.298 e. The summed E-state index contributed by atoms with van der Waals surface area (Å²) >= 11 is 5.39. The summed E-state index contributed by atoms with van der Waals surface area (Å²) in [6, 6.07) is 4.72. The first kappa shape index (κ1) is 13.1. The molecule has 0 atom stereocenters. The van der Waals surface area contributed by atoms with Crippen molar-refractivity contribution in [1.29, 1.82) is 0 Å². The molecule has 0 aliphatic rings. The summed E-state index contributed by atoms with van der Waals surface area (Å²) in [4.78, 5) is 11.2. The number of halogens is 3. The lowest BCUT2D eigenvalue weighted by Gasteiger charge is -2.12. The minimum atomic E-state index is -2.55. The predicted octanol–water partition coefficient (Wildman–Crippen LogP) is 3.54. The number of carbonyl (C=O) groups excluding carboxylic acids is 1. The highest BCUT2D eigenvalue weighted by molar-refractivity contribution is 6.27. The average Bonchev–Trinajstić information content (AvgIpc) is 2.28. The van der Waals surface area contributed by atoms with Crippen LogP contribution in [0.1, 0.15) is 30.0 Å². The standard InChI is InChI=1S/C12H13ClF2O/c1-2-8-4-3-5-10(12(14)15)11(8)6-9(16)7-13/h3-5,12H,2,6-7H2,1H3. The predicted molar refractivity (Wildman–Crippen MR) is 60.2 cm³/mol. The van der Waals surface area contributed by atoms with E-state index in [1.54, 1.807) is 12.1 Å². The third kappa shape index (κ3) is 3.01. The summed E-state index contributed by atoms with van der Waals surface area (Å²) in [6.07, 6.45) is -1.93. The van der Waals surface area contributed by atoms with Crippen LogP contribution in [0.3, 0.4) is 0 Å². The Kier molecular flexibility index (Phi) is 4.87. The summed E-state index contributed by atoms with van der Waals surface area (Å²) in [5.74, 6) is -0.370. The first-order chi connectivity index (χ1) is 7.60. The highest BCUT2D eigenvalue weighted by Gasteiger charge is 2.17. The van der Waals surface area contributed by atoms with E-state index in [0.717, 1.165) is 5.56 Å². The Morgan fingerprint density at radius 1 is 1.44 bits per heavy atom. The van der Waals surface area contributed by atoms with E-state index in [1.165, 1.54) is 6.07 Å². The molecule has 0 bridgehead atoms. The van der Waals surface area contributed by atoms with Gasteiger partial charge < -0.3 is 0 Å². The van der Waals surface area contributed by atoms with Gasteiger partial charge in [-0.1, -0.05) is 25.1 Å². The molecule has 0 spiro atoms. The van der Waals surface area contributed by atoms with Gasteiger partial charge in [0.05, 0.1) is 5.88 Å². The first-order valence-electron chi connectivity index (χ1n) is 5.06. The minimum absolute atomic E-state index is 0.00676. The maximum atomic E-state index is 12.8. The third-order valence-electron chi connectivity index (χ3n) is 2.45. The van der Waals surface area contributed by atoms with Gasteiger partial charge in [-0.3, -0.25) is 4.79 Å². The van der Waals surface area contributed by atoms with E-state index >= 15 is 0 Å². The van der Waals surface area contributed by atoms with Crippen LogP contribution in [0.4, 0.5) is 8.78 Å². The Bertz CT molecular complexity index is 377. The fourth-order valence-electron chi connectivity index (χ4n) is 1.65. The van der Waals surface area contributed by atoms with Crippen LogP contribution in [-0.2, 0) is 17.6 Å². The molecule has 0 N–H and O–H groups in total. The van der Waals surface area contributed by atoms with Crippen LogP contribution in [0.2, 0.25) is 0 Å². The monoisotopic (exact) mass is 246 g/mol. The van der Waals surface area contributed by atoms with Crippen molar-refractivity contribution in [2.24, 2.45) is 0 Å². The van der Waals surface area contributed by atoms with Crippen molar-refractivity contribution in [3.05, 3.63) is 34.9 Å². The fraction of sp³-hybridized carbons (Fsp3) is 0.417. The molecule has 1 aromatic rings. The molecule has 1 nitrogen and oxygen atoms in total. The fourth-order valence-corrected chi connectivity index (χ4v) is 1.74. The maximum absolute atomic E-state index is 12.8. The second-order valence-corrected chi connectivity index (χ2v) is 3.76. The van der Waals surface area contributed by atoms with Gasteiger partial charge in [-0.25, -0.2) is 8.78 Å². The smallest absolute Gasteiger partial charge is 0.264 e. The van der Waals surface area contributed by atoms with Gasteiger partial charge in [0, 0.05) is 12.0 Å². The van der Waals surface area contributed by atoms with E-state index < -0.39 is 6.43 Å². The van der Waals surface area contributed by atoms with Crippen molar-refractivity contribution >= 4 is 17.4 Å². The second-order valence-electron chi connectivity index (χ2n) is 3.49. The number of carbonyl (C=O) groups is 1. The van der Waals surface area contributed by atoms with Crippen molar-refractivity contribution in [1.82, 2.24) is 0 Å². The molecule has 0 saturated heterocycles. The molecule has 0 unspecified atom stereocenters. The van der Waals surface area contributed by atoms with Crippen LogP contribution < -0.4 is 0 Å². The topological polar surface area (TPSA) is 17.1 Å². The minimum Gasteiger partial charge on any atom is -0.298 e. The van der Waals surface area contributed by atoms with Crippen LogP contribution in [0, 0.1) is 0 Å². The highest BCUT2D eigenvalue weighted by Crippen LogP contribution is 2.26. The Hall–Kier alpha value is -0.960. The van der Waals surface area contributed by atoms with Crippen LogP contribution in [0.15, 0.2) is 18.2 Å². The van der Waals surface area contributed by atoms with Crippen molar-refractivity contribution in [3.8, 4) is 0 Å². The van der Waals surface area contributed by atoms with Gasteiger partial charge in [0.15, 0.2) is 5.78 Å². The van der Waals surface area contributed by atoms with Crippen molar-refractivity contribution in [2.45, 2.75) is 26.2 Å². The molecule has 4 heteroatoms. The van der Waals surface area contributed by atoms with Gasteiger partial charge in [-0.05, 0) is 17.5 Å². The van der Waals surface area contributed by atoms with E-state index in [2.05, 4.69) is 0 Å². The van der Waals surface area contributed by atoms with E-state index in [0.29, 0.717) is 12.0 Å². The van der Waals surface area contributed by atoms with Crippen LogP contribution in [0.25, 0.3) is 0 Å². The Balaban J connectivity index is 3.14. The number of rotatable bonds is 5. The zero-order valence-corrected chi connectivity index (χ0v) is 9.73. The molecule has 1 aromatic carbocycles. The number of ketones is 1. The molecule has 88 valence electrons. The zero-order valence-electron chi connectivity index (χ0n) is 8.97. The summed E-state index contributed by atoms with van der Waals surface area (Å²) in [7, 11) is 0. The van der Waals surface area contributed by atoms with Gasteiger partial charge in [-0.2, -0.15) is 0 Å². The Labute approximate surface area is 98.4 Å². The second kappa shape index (κ2) is 5.94. The molecule has 1 rings (SSSR count). The molecule has 0 fully saturated rings. The lowest BCUT2D eigenvalue weighted by atomic mass is 9.95. The molecule has 0 aliphatic heterocycles. The SMILES string of the molecule is CCc1cccc(C(F)F)c1CC(=O)CCl. The number of hydrogen-bond acceptors (Lipinski definition) is 1. The Morgan fingerprint density at radius 2 is 2.12 bits per heavy atom. The van der Waals surface area contributed by atoms with Gasteiger partial charge in [0.1, 0.15) is 0 Å². The van der Waals surface area contributed by atoms with E-state index in [-0.39, 0.29) is 23.6 Å². The summed E-state index contributed by atoms with van der Waals surface area (Å²) in [5.41, 5.74) is 1.17. The maximum Gasteiger partial charge on any atom is 0.264 e. The molecular weight excluding hydrogens is 234 g/mol. The number of aryl methyl sites for hydroxylation is 1. The van der Waals surface area contributed by atoms with E-state index in [9.17, 15) is 13.6 Å². The van der Waals surface area contributed by atoms with Gasteiger partial charge in [-0.15, -0.1) is 11.6 Å². The summed E-state index contributed by atoms with van der Waals surface area (Å²) in [6.45, 7) is 1.87. The van der Waals surface area contributed by atoms with Gasteiger partial charge >= 0.3 is 0 Å². The van der Waals surface area contributed by atoms with Crippen molar-refractivity contribution < 1.29 is 13.6 Å². The third-order valence-corrected chi connectivity index (χ3v) is 2.75. The zero-order chi connectivity index (χ0) is 12.1. The molecule has 0 radical (unpaired) electrons. The molecule has 0 heterocycles. The molecule has 16 heavy (non-hydrogen) atoms. The van der Waals surface area contributed by atoms with E-state index in [1.807, 2.05) is 6.92 Å². The lowest BCUT2D eigenvalue weighted by molar-refractivity contribution is -0.116. The van der Waals surface area contributed by atoms with Crippen LogP contribution in [-0.4, -0.2) is 11.7 Å².